The van der Waals surface area contributed by atoms with Gasteiger partial charge in [0, 0.05) is 16.8 Å². The smallest absolute Gasteiger partial charge is 0.354 e. The third kappa shape index (κ3) is 3.99. The third-order valence-electron chi connectivity index (χ3n) is 2.77. The number of rotatable bonds is 6. The van der Waals surface area contributed by atoms with Gasteiger partial charge in [0.1, 0.15) is 11.4 Å². The maximum absolute atomic E-state index is 10.8. The molecule has 1 N–H and O–H groups in total. The van der Waals surface area contributed by atoms with E-state index < -0.39 is 5.97 Å². The van der Waals surface area contributed by atoms with Crippen molar-refractivity contribution in [1.82, 2.24) is 4.98 Å². The van der Waals surface area contributed by atoms with Crippen LogP contribution in [0.4, 0.5) is 0 Å². The summed E-state index contributed by atoms with van der Waals surface area (Å²) in [4.78, 5) is 15.5. The lowest BCUT2D eigenvalue weighted by Gasteiger charge is -2.04. The van der Waals surface area contributed by atoms with Gasteiger partial charge in [-0.1, -0.05) is 12.1 Å². The number of aromatic nitrogens is 1. The number of carboxylic acid groups (broad SMARTS) is 1. The number of thioether (sulfide) groups is 1. The van der Waals surface area contributed by atoms with Crippen LogP contribution in [0.3, 0.4) is 0 Å². The van der Waals surface area contributed by atoms with E-state index in [1.54, 1.807) is 24.9 Å². The summed E-state index contributed by atoms with van der Waals surface area (Å²) in [6, 6.07) is 11.4. The summed E-state index contributed by atoms with van der Waals surface area (Å²) in [6.07, 6.45) is 2.44. The number of hydrogen-bond acceptors (Lipinski definition) is 4. The molecule has 0 unspecified atom stereocenters. The largest absolute Gasteiger partial charge is 0.497 e. The fraction of sp³-hybridized carbons (Fsp3) is 0.200. The molecule has 1 aromatic carbocycles. The molecular weight excluding hydrogens is 274 g/mol. The molecule has 0 fully saturated rings. The van der Waals surface area contributed by atoms with Crippen molar-refractivity contribution in [2.24, 2.45) is 0 Å². The van der Waals surface area contributed by atoms with Crippen LogP contribution in [-0.4, -0.2) is 28.9 Å². The van der Waals surface area contributed by atoms with E-state index in [1.165, 1.54) is 11.8 Å². The summed E-state index contributed by atoms with van der Waals surface area (Å²) in [7, 11) is 1.65. The summed E-state index contributed by atoms with van der Waals surface area (Å²) in [5.74, 6) is 0.735. The molecule has 1 aromatic heterocycles. The van der Waals surface area contributed by atoms with E-state index in [2.05, 4.69) is 4.98 Å². The molecular formula is C15H15NO3S. The molecule has 2 aromatic rings. The molecule has 5 heteroatoms. The second-order valence-electron chi connectivity index (χ2n) is 4.13. The van der Waals surface area contributed by atoms with Crippen molar-refractivity contribution in [2.45, 2.75) is 11.3 Å². The number of benzene rings is 1. The van der Waals surface area contributed by atoms with E-state index in [0.717, 1.165) is 22.8 Å². The van der Waals surface area contributed by atoms with Crippen molar-refractivity contribution in [3.8, 4) is 5.75 Å². The number of ether oxygens (including phenoxy) is 1. The lowest BCUT2D eigenvalue weighted by molar-refractivity contribution is 0.0690. The molecule has 0 aliphatic rings. The van der Waals surface area contributed by atoms with Crippen LogP contribution in [0.2, 0.25) is 0 Å². The van der Waals surface area contributed by atoms with Gasteiger partial charge in [0.2, 0.25) is 0 Å². The Balaban J connectivity index is 1.88. The molecule has 104 valence electrons. The number of aromatic carboxylic acids is 1. The second-order valence-corrected chi connectivity index (χ2v) is 5.30. The minimum Gasteiger partial charge on any atom is -0.497 e. The molecule has 0 amide bonds. The Labute approximate surface area is 121 Å². The van der Waals surface area contributed by atoms with Gasteiger partial charge < -0.3 is 9.84 Å². The predicted octanol–water partition coefficient (Wildman–Crippen LogP) is 3.12. The summed E-state index contributed by atoms with van der Waals surface area (Å²) in [5.41, 5.74) is 1.31. The lowest BCUT2D eigenvalue weighted by atomic mass is 10.2. The number of aryl methyl sites for hydroxylation is 1. The molecule has 1 heterocycles. The number of carbonyl (C=O) groups is 1. The van der Waals surface area contributed by atoms with E-state index in [1.807, 2.05) is 30.3 Å². The summed E-state index contributed by atoms with van der Waals surface area (Å²) < 4.78 is 5.11. The van der Waals surface area contributed by atoms with E-state index in [0.29, 0.717) is 0 Å². The van der Waals surface area contributed by atoms with Crippen molar-refractivity contribution in [3.63, 3.8) is 0 Å². The van der Waals surface area contributed by atoms with E-state index >= 15 is 0 Å². The number of hydrogen-bond donors (Lipinski definition) is 1. The molecule has 0 aliphatic heterocycles. The van der Waals surface area contributed by atoms with E-state index in [4.69, 9.17) is 9.84 Å². The highest BCUT2D eigenvalue weighted by molar-refractivity contribution is 7.99. The van der Waals surface area contributed by atoms with Gasteiger partial charge in [-0.3, -0.25) is 0 Å². The van der Waals surface area contributed by atoms with Gasteiger partial charge in [0.05, 0.1) is 7.11 Å². The highest BCUT2D eigenvalue weighted by Crippen LogP contribution is 2.20. The molecule has 0 saturated carbocycles. The number of methoxy groups -OCH3 is 1. The Kier molecular flexibility index (Phi) is 5.01. The quantitative estimate of drug-likeness (QED) is 0.828. The highest BCUT2D eigenvalue weighted by Gasteiger charge is 2.05. The standard InChI is InChI=1S/C15H15NO3S/c1-19-12-4-2-11(3-5-12)7-9-20-13-6-8-16-14(10-13)15(17)18/h2-6,8,10H,7,9H2,1H3,(H,17,18). The van der Waals surface area contributed by atoms with Crippen LogP contribution in [-0.2, 0) is 6.42 Å². The zero-order valence-corrected chi connectivity index (χ0v) is 11.9. The van der Waals surface area contributed by atoms with Crippen LogP contribution in [0.15, 0.2) is 47.5 Å². The van der Waals surface area contributed by atoms with Gasteiger partial charge in [-0.05, 0) is 36.2 Å². The van der Waals surface area contributed by atoms with Crippen molar-refractivity contribution in [1.29, 1.82) is 0 Å². The first-order valence-electron chi connectivity index (χ1n) is 6.14. The average molecular weight is 289 g/mol. The summed E-state index contributed by atoms with van der Waals surface area (Å²) in [6.45, 7) is 0. The first kappa shape index (κ1) is 14.4. The predicted molar refractivity (Wildman–Crippen MR) is 78.6 cm³/mol. The Bertz CT molecular complexity index is 584. The summed E-state index contributed by atoms with van der Waals surface area (Å²) >= 11 is 1.62. The Morgan fingerprint density at radius 1 is 1.30 bits per heavy atom. The first-order valence-corrected chi connectivity index (χ1v) is 7.12. The Morgan fingerprint density at radius 2 is 2.05 bits per heavy atom. The van der Waals surface area contributed by atoms with Crippen LogP contribution in [0.25, 0.3) is 0 Å². The normalized spacial score (nSPS) is 10.2. The fourth-order valence-electron chi connectivity index (χ4n) is 1.70. The molecule has 0 radical (unpaired) electrons. The van der Waals surface area contributed by atoms with Crippen LogP contribution in [0.1, 0.15) is 16.1 Å². The Hall–Kier alpha value is -2.01. The molecule has 4 nitrogen and oxygen atoms in total. The number of carboxylic acids is 1. The van der Waals surface area contributed by atoms with Gasteiger partial charge >= 0.3 is 5.97 Å². The molecule has 2 rings (SSSR count). The van der Waals surface area contributed by atoms with E-state index in [9.17, 15) is 4.79 Å². The van der Waals surface area contributed by atoms with Gasteiger partial charge in [-0.25, -0.2) is 9.78 Å². The molecule has 20 heavy (non-hydrogen) atoms. The number of nitrogens with zero attached hydrogens (tertiary/aromatic N) is 1. The van der Waals surface area contributed by atoms with Crippen molar-refractivity contribution in [3.05, 3.63) is 53.9 Å². The Morgan fingerprint density at radius 3 is 2.70 bits per heavy atom. The van der Waals surface area contributed by atoms with Crippen molar-refractivity contribution in [2.75, 3.05) is 12.9 Å². The van der Waals surface area contributed by atoms with Crippen molar-refractivity contribution >= 4 is 17.7 Å². The minimum absolute atomic E-state index is 0.0828. The average Bonchev–Trinajstić information content (AvgIpc) is 2.48. The van der Waals surface area contributed by atoms with Gasteiger partial charge in [-0.15, -0.1) is 11.8 Å². The lowest BCUT2D eigenvalue weighted by Crippen LogP contribution is -1.99. The third-order valence-corrected chi connectivity index (χ3v) is 3.76. The van der Waals surface area contributed by atoms with Gasteiger partial charge in [0.25, 0.3) is 0 Å². The molecule has 0 saturated heterocycles. The van der Waals surface area contributed by atoms with Crippen molar-refractivity contribution < 1.29 is 14.6 Å². The molecule has 0 aliphatic carbocycles. The summed E-state index contributed by atoms with van der Waals surface area (Å²) in [5, 5.41) is 8.88. The second kappa shape index (κ2) is 6.96. The van der Waals surface area contributed by atoms with Crippen LogP contribution < -0.4 is 4.74 Å². The topological polar surface area (TPSA) is 59.4 Å². The fourth-order valence-corrected chi connectivity index (χ4v) is 2.62. The molecule has 0 bridgehead atoms. The van der Waals surface area contributed by atoms with Crippen LogP contribution >= 0.6 is 11.8 Å². The van der Waals surface area contributed by atoms with Crippen LogP contribution in [0.5, 0.6) is 5.75 Å². The SMILES string of the molecule is COc1ccc(CCSc2ccnc(C(=O)O)c2)cc1. The minimum atomic E-state index is -0.998. The van der Waals surface area contributed by atoms with E-state index in [-0.39, 0.29) is 5.69 Å². The first-order chi connectivity index (χ1) is 9.69. The molecule has 0 spiro atoms. The zero-order chi connectivity index (χ0) is 14.4. The van der Waals surface area contributed by atoms with Gasteiger partial charge in [-0.2, -0.15) is 0 Å². The highest BCUT2D eigenvalue weighted by atomic mass is 32.2. The maximum Gasteiger partial charge on any atom is 0.354 e. The molecule has 0 atom stereocenters. The van der Waals surface area contributed by atoms with Crippen LogP contribution in [0, 0.1) is 0 Å². The number of pyridine rings is 1. The maximum atomic E-state index is 10.8. The monoisotopic (exact) mass is 289 g/mol. The van der Waals surface area contributed by atoms with Gasteiger partial charge in [0.15, 0.2) is 0 Å². The zero-order valence-electron chi connectivity index (χ0n) is 11.1.